The summed E-state index contributed by atoms with van der Waals surface area (Å²) in [4.78, 5) is 6.29. The highest BCUT2D eigenvalue weighted by atomic mass is 127. The minimum absolute atomic E-state index is 0. The molecule has 0 aromatic heterocycles. The third kappa shape index (κ3) is 7.12. The first-order chi connectivity index (χ1) is 14.0. The largest absolute Gasteiger partial charge is 0.378 e. The van der Waals surface area contributed by atoms with Crippen LogP contribution in [0, 0.1) is 19.7 Å². The molecule has 2 N–H and O–H groups in total. The number of halogens is 2. The van der Waals surface area contributed by atoms with Crippen LogP contribution in [0.1, 0.15) is 22.3 Å². The van der Waals surface area contributed by atoms with Crippen LogP contribution in [-0.4, -0.2) is 45.9 Å². The van der Waals surface area contributed by atoms with Crippen molar-refractivity contribution >= 4 is 35.6 Å². The zero-order valence-electron chi connectivity index (χ0n) is 18.0. The first-order valence-corrected chi connectivity index (χ1v) is 10.2. The van der Waals surface area contributed by atoms with Crippen molar-refractivity contribution < 1.29 is 9.13 Å². The molecule has 0 saturated carbocycles. The van der Waals surface area contributed by atoms with E-state index in [1.54, 1.807) is 13.1 Å². The fraction of sp³-hybridized carbons (Fsp3) is 0.435. The first-order valence-electron chi connectivity index (χ1n) is 10.2. The van der Waals surface area contributed by atoms with Gasteiger partial charge in [-0.3, -0.25) is 4.99 Å². The summed E-state index contributed by atoms with van der Waals surface area (Å²) in [5.41, 5.74) is 5.41. The highest BCUT2D eigenvalue weighted by molar-refractivity contribution is 14.0. The summed E-state index contributed by atoms with van der Waals surface area (Å²) >= 11 is 0. The van der Waals surface area contributed by atoms with Crippen LogP contribution in [0.3, 0.4) is 0 Å². The van der Waals surface area contributed by atoms with Gasteiger partial charge in [0.05, 0.1) is 18.9 Å². The van der Waals surface area contributed by atoms with Crippen LogP contribution >= 0.6 is 24.0 Å². The average Bonchev–Trinajstić information content (AvgIpc) is 2.70. The molecule has 5 nitrogen and oxygen atoms in total. The number of nitrogens with one attached hydrogen (secondary N) is 2. The maximum atomic E-state index is 14.5. The molecule has 1 aliphatic heterocycles. The number of hydrogen-bond acceptors (Lipinski definition) is 3. The highest BCUT2D eigenvalue weighted by Gasteiger charge is 2.15. The SMILES string of the molecule is CN=C(NCCc1cc(C)cc(C)c1)NCc1ccc(N2CCOCC2)c(F)c1.I. The molecule has 30 heavy (non-hydrogen) atoms. The Morgan fingerprint density at radius 2 is 1.73 bits per heavy atom. The van der Waals surface area contributed by atoms with Crippen molar-refractivity contribution in [3.8, 4) is 0 Å². The van der Waals surface area contributed by atoms with Gasteiger partial charge in [0.25, 0.3) is 0 Å². The minimum atomic E-state index is -0.191. The van der Waals surface area contributed by atoms with Gasteiger partial charge in [-0.25, -0.2) is 4.39 Å². The van der Waals surface area contributed by atoms with Crippen LogP contribution in [0.5, 0.6) is 0 Å². The van der Waals surface area contributed by atoms with Gasteiger partial charge in [0.15, 0.2) is 5.96 Å². The first kappa shape index (κ1) is 24.4. The molecule has 1 aliphatic rings. The fourth-order valence-electron chi connectivity index (χ4n) is 3.67. The summed E-state index contributed by atoms with van der Waals surface area (Å²) in [6, 6.07) is 12.0. The molecule has 2 aromatic carbocycles. The Labute approximate surface area is 196 Å². The summed E-state index contributed by atoms with van der Waals surface area (Å²) < 4.78 is 19.9. The van der Waals surface area contributed by atoms with Crippen LogP contribution < -0.4 is 15.5 Å². The lowest BCUT2D eigenvalue weighted by Crippen LogP contribution is -2.38. The summed E-state index contributed by atoms with van der Waals surface area (Å²) in [7, 11) is 1.74. The van der Waals surface area contributed by atoms with E-state index in [1.165, 1.54) is 16.7 Å². The topological polar surface area (TPSA) is 48.9 Å². The second kappa shape index (κ2) is 12.1. The standard InChI is InChI=1S/C23H31FN4O.HI/c1-17-12-18(2)14-19(13-17)6-7-26-23(25-3)27-16-20-4-5-22(21(24)15-20)28-8-10-29-11-9-28;/h4-5,12-15H,6-11,16H2,1-3H3,(H2,25,26,27);1H. The van der Waals surface area contributed by atoms with Gasteiger partial charge in [0.2, 0.25) is 0 Å². The quantitative estimate of drug-likeness (QED) is 0.342. The third-order valence-electron chi connectivity index (χ3n) is 5.04. The minimum Gasteiger partial charge on any atom is -0.378 e. The second-order valence-electron chi connectivity index (χ2n) is 7.48. The van der Waals surface area contributed by atoms with Gasteiger partial charge in [-0.2, -0.15) is 0 Å². The molecule has 0 spiro atoms. The lowest BCUT2D eigenvalue weighted by Gasteiger charge is -2.29. The molecule has 0 radical (unpaired) electrons. The van der Waals surface area contributed by atoms with E-state index < -0.39 is 0 Å². The van der Waals surface area contributed by atoms with Gasteiger partial charge in [-0.1, -0.05) is 35.4 Å². The Kier molecular flexibility index (Phi) is 9.84. The maximum absolute atomic E-state index is 14.5. The van der Waals surface area contributed by atoms with E-state index in [0.717, 1.165) is 31.6 Å². The summed E-state index contributed by atoms with van der Waals surface area (Å²) in [6.45, 7) is 8.29. The molecule has 1 heterocycles. The van der Waals surface area contributed by atoms with E-state index in [4.69, 9.17) is 4.74 Å². The molecule has 0 aliphatic carbocycles. The molecule has 3 rings (SSSR count). The van der Waals surface area contributed by atoms with Gasteiger partial charge in [0.1, 0.15) is 5.82 Å². The van der Waals surface area contributed by atoms with E-state index in [-0.39, 0.29) is 29.8 Å². The molecule has 0 unspecified atom stereocenters. The van der Waals surface area contributed by atoms with Crippen LogP contribution in [0.15, 0.2) is 41.4 Å². The molecule has 7 heteroatoms. The van der Waals surface area contributed by atoms with Crippen molar-refractivity contribution in [1.82, 2.24) is 10.6 Å². The second-order valence-corrected chi connectivity index (χ2v) is 7.48. The van der Waals surface area contributed by atoms with Crippen molar-refractivity contribution in [2.24, 2.45) is 4.99 Å². The zero-order chi connectivity index (χ0) is 20.6. The van der Waals surface area contributed by atoms with Crippen molar-refractivity contribution in [3.05, 3.63) is 64.5 Å². The number of rotatable bonds is 6. The van der Waals surface area contributed by atoms with Gasteiger partial charge in [-0.15, -0.1) is 24.0 Å². The number of ether oxygens (including phenoxy) is 1. The number of aliphatic imine (C=N–C) groups is 1. The van der Waals surface area contributed by atoms with Gasteiger partial charge in [0, 0.05) is 33.2 Å². The number of anilines is 1. The molecule has 0 amide bonds. The zero-order valence-corrected chi connectivity index (χ0v) is 20.3. The number of hydrogen-bond donors (Lipinski definition) is 2. The molecule has 1 fully saturated rings. The average molecular weight is 526 g/mol. The van der Waals surface area contributed by atoms with Gasteiger partial charge in [-0.05, 0) is 43.5 Å². The number of benzene rings is 2. The van der Waals surface area contributed by atoms with Crippen LogP contribution in [0.4, 0.5) is 10.1 Å². The van der Waals surface area contributed by atoms with Crippen molar-refractivity contribution in [2.45, 2.75) is 26.8 Å². The lowest BCUT2D eigenvalue weighted by molar-refractivity contribution is 0.122. The van der Waals surface area contributed by atoms with Crippen molar-refractivity contribution in [3.63, 3.8) is 0 Å². The molecule has 164 valence electrons. The molecular formula is C23H32FIN4O. The predicted molar refractivity (Wildman–Crippen MR) is 133 cm³/mol. The highest BCUT2D eigenvalue weighted by Crippen LogP contribution is 2.21. The monoisotopic (exact) mass is 526 g/mol. The van der Waals surface area contributed by atoms with E-state index in [2.05, 4.69) is 47.7 Å². The fourth-order valence-corrected chi connectivity index (χ4v) is 3.67. The van der Waals surface area contributed by atoms with E-state index in [1.807, 2.05) is 17.0 Å². The van der Waals surface area contributed by atoms with Crippen LogP contribution in [0.2, 0.25) is 0 Å². The Bertz CT molecular complexity index is 833. The third-order valence-corrected chi connectivity index (χ3v) is 5.04. The molecular weight excluding hydrogens is 494 g/mol. The number of morpholine rings is 1. The molecule has 0 bridgehead atoms. The van der Waals surface area contributed by atoms with Crippen molar-refractivity contribution in [1.29, 1.82) is 0 Å². The van der Waals surface area contributed by atoms with Gasteiger partial charge < -0.3 is 20.3 Å². The molecule has 1 saturated heterocycles. The smallest absolute Gasteiger partial charge is 0.191 e. The Morgan fingerprint density at radius 1 is 1.03 bits per heavy atom. The van der Waals surface area contributed by atoms with Gasteiger partial charge >= 0.3 is 0 Å². The summed E-state index contributed by atoms with van der Waals surface area (Å²) in [5.74, 6) is 0.524. The summed E-state index contributed by atoms with van der Waals surface area (Å²) in [6.07, 6.45) is 0.923. The normalized spacial score (nSPS) is 14.3. The Hall–Kier alpha value is -1.87. The molecule has 0 atom stereocenters. The Morgan fingerprint density at radius 3 is 2.37 bits per heavy atom. The Balaban J connectivity index is 0.00000320. The molecule has 2 aromatic rings. The number of aryl methyl sites for hydroxylation is 2. The van der Waals surface area contributed by atoms with E-state index >= 15 is 0 Å². The van der Waals surface area contributed by atoms with E-state index in [9.17, 15) is 4.39 Å². The van der Waals surface area contributed by atoms with Crippen LogP contribution in [-0.2, 0) is 17.7 Å². The maximum Gasteiger partial charge on any atom is 0.191 e. The lowest BCUT2D eigenvalue weighted by atomic mass is 10.1. The predicted octanol–water partition coefficient (Wildman–Crippen LogP) is 3.80. The number of nitrogens with zero attached hydrogens (tertiary/aromatic N) is 2. The summed E-state index contributed by atoms with van der Waals surface area (Å²) in [5, 5.41) is 6.59. The van der Waals surface area contributed by atoms with Crippen molar-refractivity contribution in [2.75, 3.05) is 44.8 Å². The number of guanidine groups is 1. The van der Waals surface area contributed by atoms with E-state index in [0.29, 0.717) is 31.4 Å². The van der Waals surface area contributed by atoms with Crippen LogP contribution in [0.25, 0.3) is 0 Å².